The predicted molar refractivity (Wildman–Crippen MR) is 58.7 cm³/mol. The van der Waals surface area contributed by atoms with Crippen LogP contribution in [0.1, 0.15) is 39.2 Å². The Morgan fingerprint density at radius 1 is 1.29 bits per heavy atom. The Balaban J connectivity index is 2.64. The number of hydrogen-bond donors (Lipinski definition) is 0. The van der Waals surface area contributed by atoms with Gasteiger partial charge in [0.1, 0.15) is 0 Å². The van der Waals surface area contributed by atoms with Gasteiger partial charge in [-0.2, -0.15) is 0 Å². The summed E-state index contributed by atoms with van der Waals surface area (Å²) in [6.07, 6.45) is 1.81. The minimum absolute atomic E-state index is 0.527. The number of ether oxygens (including phenoxy) is 1. The van der Waals surface area contributed by atoms with Crippen molar-refractivity contribution in [2.75, 3.05) is 6.61 Å². The van der Waals surface area contributed by atoms with Crippen LogP contribution >= 0.6 is 0 Å². The van der Waals surface area contributed by atoms with Crippen LogP contribution in [0, 0.1) is 5.92 Å². The second-order valence-electron chi connectivity index (χ2n) is 4.29. The zero-order valence-electron chi connectivity index (χ0n) is 9.45. The van der Waals surface area contributed by atoms with Crippen molar-refractivity contribution in [3.05, 3.63) is 23.9 Å². The molecule has 0 fully saturated rings. The molecule has 0 aliphatic heterocycles. The van der Waals surface area contributed by atoms with Crippen molar-refractivity contribution in [3.8, 4) is 5.88 Å². The van der Waals surface area contributed by atoms with Gasteiger partial charge in [-0.05, 0) is 23.5 Å². The molecule has 0 aliphatic rings. The van der Waals surface area contributed by atoms with Crippen LogP contribution < -0.4 is 4.74 Å². The Kier molecular flexibility index (Phi) is 3.93. The molecule has 0 spiro atoms. The quantitative estimate of drug-likeness (QED) is 0.732. The number of rotatable bonds is 4. The molecule has 0 bridgehead atoms. The van der Waals surface area contributed by atoms with Crippen molar-refractivity contribution in [2.45, 2.75) is 33.6 Å². The molecule has 0 aliphatic carbocycles. The van der Waals surface area contributed by atoms with Gasteiger partial charge >= 0.3 is 0 Å². The molecule has 0 unspecified atom stereocenters. The molecule has 0 N–H and O–H groups in total. The van der Waals surface area contributed by atoms with Gasteiger partial charge in [0.25, 0.3) is 0 Å². The van der Waals surface area contributed by atoms with E-state index in [0.29, 0.717) is 11.8 Å². The smallest absolute Gasteiger partial charge is 0.213 e. The summed E-state index contributed by atoms with van der Waals surface area (Å²) in [5, 5.41) is 0. The molecule has 1 aromatic rings. The highest BCUT2D eigenvalue weighted by Gasteiger charge is 2.02. The summed E-state index contributed by atoms with van der Waals surface area (Å²) in [7, 11) is 0. The van der Waals surface area contributed by atoms with E-state index in [4.69, 9.17) is 4.74 Å². The lowest BCUT2D eigenvalue weighted by atomic mass is 10.1. The van der Waals surface area contributed by atoms with E-state index >= 15 is 0 Å². The first-order chi connectivity index (χ1) is 6.59. The maximum absolute atomic E-state index is 5.55. The van der Waals surface area contributed by atoms with Crippen molar-refractivity contribution in [1.29, 1.82) is 0 Å². The van der Waals surface area contributed by atoms with Gasteiger partial charge in [-0.1, -0.05) is 27.7 Å². The summed E-state index contributed by atoms with van der Waals surface area (Å²) < 4.78 is 5.55. The van der Waals surface area contributed by atoms with E-state index in [9.17, 15) is 0 Å². The SMILES string of the molecule is CC(C)COc1cc(C(C)C)ccn1. The number of hydrogen-bond acceptors (Lipinski definition) is 2. The lowest BCUT2D eigenvalue weighted by Crippen LogP contribution is -2.05. The first-order valence-electron chi connectivity index (χ1n) is 5.18. The highest BCUT2D eigenvalue weighted by atomic mass is 16.5. The van der Waals surface area contributed by atoms with Gasteiger partial charge in [0.05, 0.1) is 6.61 Å². The number of pyridine rings is 1. The van der Waals surface area contributed by atoms with E-state index in [1.54, 1.807) is 0 Å². The number of aromatic nitrogens is 1. The molecule has 2 heteroatoms. The number of nitrogens with zero attached hydrogens (tertiary/aromatic N) is 1. The fourth-order valence-electron chi connectivity index (χ4n) is 1.11. The van der Waals surface area contributed by atoms with Crippen LogP contribution in [-0.2, 0) is 0 Å². The van der Waals surface area contributed by atoms with Crippen LogP contribution in [0.15, 0.2) is 18.3 Å². The van der Waals surface area contributed by atoms with Gasteiger partial charge in [0.15, 0.2) is 0 Å². The topological polar surface area (TPSA) is 22.1 Å². The molecular weight excluding hydrogens is 174 g/mol. The zero-order chi connectivity index (χ0) is 10.6. The van der Waals surface area contributed by atoms with Gasteiger partial charge in [-0.15, -0.1) is 0 Å². The Labute approximate surface area is 86.3 Å². The molecule has 0 saturated carbocycles. The summed E-state index contributed by atoms with van der Waals surface area (Å²) in [5.74, 6) is 1.81. The molecule has 0 aromatic carbocycles. The normalized spacial score (nSPS) is 11.0. The Morgan fingerprint density at radius 2 is 2.00 bits per heavy atom. The molecule has 1 rings (SSSR count). The standard InChI is InChI=1S/C12H19NO/c1-9(2)8-14-12-7-11(10(3)4)5-6-13-12/h5-7,9-10H,8H2,1-4H3. The van der Waals surface area contributed by atoms with Crippen LogP contribution in [0.3, 0.4) is 0 Å². The van der Waals surface area contributed by atoms with Gasteiger partial charge < -0.3 is 4.74 Å². The molecule has 14 heavy (non-hydrogen) atoms. The van der Waals surface area contributed by atoms with Crippen molar-refractivity contribution in [1.82, 2.24) is 4.98 Å². The van der Waals surface area contributed by atoms with Crippen molar-refractivity contribution >= 4 is 0 Å². The molecule has 78 valence electrons. The molecule has 2 nitrogen and oxygen atoms in total. The van der Waals surface area contributed by atoms with E-state index in [0.717, 1.165) is 12.5 Å². The monoisotopic (exact) mass is 193 g/mol. The van der Waals surface area contributed by atoms with Crippen LogP contribution in [0.25, 0.3) is 0 Å². The maximum Gasteiger partial charge on any atom is 0.213 e. The van der Waals surface area contributed by atoms with Gasteiger partial charge in [-0.25, -0.2) is 4.98 Å². The van der Waals surface area contributed by atoms with Crippen LogP contribution in [0.4, 0.5) is 0 Å². The second kappa shape index (κ2) is 4.99. The lowest BCUT2D eigenvalue weighted by molar-refractivity contribution is 0.261. The fraction of sp³-hybridized carbons (Fsp3) is 0.583. The summed E-state index contributed by atoms with van der Waals surface area (Å²) in [6, 6.07) is 4.06. The highest BCUT2D eigenvalue weighted by Crippen LogP contribution is 2.17. The van der Waals surface area contributed by atoms with Crippen molar-refractivity contribution in [3.63, 3.8) is 0 Å². The van der Waals surface area contributed by atoms with Gasteiger partial charge in [0.2, 0.25) is 5.88 Å². The molecule has 0 radical (unpaired) electrons. The minimum atomic E-state index is 0.527. The minimum Gasteiger partial charge on any atom is -0.477 e. The highest BCUT2D eigenvalue weighted by molar-refractivity contribution is 5.22. The summed E-state index contributed by atoms with van der Waals surface area (Å²) in [6.45, 7) is 9.33. The Bertz CT molecular complexity index is 281. The maximum atomic E-state index is 5.55. The molecular formula is C12H19NO. The van der Waals surface area contributed by atoms with Crippen LogP contribution in [0.5, 0.6) is 5.88 Å². The molecule has 1 heterocycles. The second-order valence-corrected chi connectivity index (χ2v) is 4.29. The van der Waals surface area contributed by atoms with Crippen molar-refractivity contribution in [2.24, 2.45) is 5.92 Å². The third-order valence-corrected chi connectivity index (χ3v) is 1.99. The first-order valence-corrected chi connectivity index (χ1v) is 5.18. The van der Waals surface area contributed by atoms with Gasteiger partial charge in [0, 0.05) is 12.3 Å². The van der Waals surface area contributed by atoms with E-state index < -0.39 is 0 Å². The Morgan fingerprint density at radius 3 is 2.57 bits per heavy atom. The van der Waals surface area contributed by atoms with E-state index in [1.165, 1.54) is 5.56 Å². The van der Waals surface area contributed by atoms with E-state index in [-0.39, 0.29) is 0 Å². The average Bonchev–Trinajstić information content (AvgIpc) is 2.15. The summed E-state index contributed by atoms with van der Waals surface area (Å²) in [4.78, 5) is 4.17. The van der Waals surface area contributed by atoms with E-state index in [2.05, 4.69) is 32.7 Å². The predicted octanol–water partition coefficient (Wildman–Crippen LogP) is 3.24. The summed E-state index contributed by atoms with van der Waals surface area (Å²) >= 11 is 0. The first kappa shape index (κ1) is 11.0. The average molecular weight is 193 g/mol. The third kappa shape index (κ3) is 3.36. The molecule has 0 atom stereocenters. The summed E-state index contributed by atoms with van der Waals surface area (Å²) in [5.41, 5.74) is 1.28. The van der Waals surface area contributed by atoms with Crippen LogP contribution in [-0.4, -0.2) is 11.6 Å². The Hall–Kier alpha value is -1.05. The van der Waals surface area contributed by atoms with Gasteiger partial charge in [-0.3, -0.25) is 0 Å². The molecule has 1 aromatic heterocycles. The van der Waals surface area contributed by atoms with Crippen molar-refractivity contribution < 1.29 is 4.74 Å². The molecule has 0 amide bonds. The lowest BCUT2D eigenvalue weighted by Gasteiger charge is -2.10. The zero-order valence-corrected chi connectivity index (χ0v) is 9.45. The largest absolute Gasteiger partial charge is 0.477 e. The third-order valence-electron chi connectivity index (χ3n) is 1.99. The van der Waals surface area contributed by atoms with Crippen LogP contribution in [0.2, 0.25) is 0 Å². The molecule has 0 saturated heterocycles. The van der Waals surface area contributed by atoms with E-state index in [1.807, 2.05) is 18.3 Å². The fourth-order valence-corrected chi connectivity index (χ4v) is 1.11.